The van der Waals surface area contributed by atoms with E-state index in [0.717, 1.165) is 36.2 Å². The van der Waals surface area contributed by atoms with Gasteiger partial charge in [-0.2, -0.15) is 0 Å². The van der Waals surface area contributed by atoms with Gasteiger partial charge < -0.3 is 24.3 Å². The lowest BCUT2D eigenvalue weighted by molar-refractivity contribution is 0.481. The summed E-state index contributed by atoms with van der Waals surface area (Å²) in [6.45, 7) is 1.70. The Hall–Kier alpha value is -3.16. The molecule has 0 spiro atoms. The Morgan fingerprint density at radius 1 is 0.871 bits per heavy atom. The summed E-state index contributed by atoms with van der Waals surface area (Å²) in [6, 6.07) is 18.9. The molecule has 4 heterocycles. The number of rotatable bonds is 4. The monoisotopic (exact) mass is 446 g/mol. The summed E-state index contributed by atoms with van der Waals surface area (Å²) in [5, 5.41) is 4.86. The van der Waals surface area contributed by atoms with Crippen LogP contribution >= 0.6 is 22.7 Å². The number of fused-ring (bicyclic) bond motifs is 3. The number of benzene rings is 2. The molecule has 6 rings (SSSR count). The molecule has 0 fully saturated rings. The first-order valence-electron chi connectivity index (χ1n) is 10.2. The van der Waals surface area contributed by atoms with Crippen LogP contribution in [0.3, 0.4) is 0 Å². The van der Waals surface area contributed by atoms with Crippen molar-refractivity contribution < 1.29 is 4.74 Å². The SMILES string of the molecule is CN1C=CN(c2cccc(Oc3cccc(N4CN(C)c5sc6sccc6c54)c3)c2)C1. The lowest BCUT2D eigenvalue weighted by atomic mass is 10.2. The van der Waals surface area contributed by atoms with E-state index in [0.29, 0.717) is 0 Å². The van der Waals surface area contributed by atoms with E-state index >= 15 is 0 Å². The van der Waals surface area contributed by atoms with E-state index < -0.39 is 0 Å². The van der Waals surface area contributed by atoms with Crippen LogP contribution in [0, 0.1) is 0 Å². The molecule has 0 aliphatic carbocycles. The average molecular weight is 447 g/mol. The molecule has 4 aromatic rings. The minimum Gasteiger partial charge on any atom is -0.457 e. The van der Waals surface area contributed by atoms with Gasteiger partial charge in [-0.3, -0.25) is 0 Å². The Labute approximate surface area is 189 Å². The zero-order valence-electron chi connectivity index (χ0n) is 17.4. The van der Waals surface area contributed by atoms with Gasteiger partial charge in [0.2, 0.25) is 0 Å². The van der Waals surface area contributed by atoms with Crippen LogP contribution in [0.5, 0.6) is 11.5 Å². The lowest BCUT2D eigenvalue weighted by Gasteiger charge is -2.21. The quantitative estimate of drug-likeness (QED) is 0.357. The number of ether oxygens (including phenoxy) is 1. The summed E-state index contributed by atoms with van der Waals surface area (Å²) >= 11 is 3.69. The topological polar surface area (TPSA) is 22.2 Å². The first-order chi connectivity index (χ1) is 15.2. The molecule has 5 nitrogen and oxygen atoms in total. The molecule has 31 heavy (non-hydrogen) atoms. The van der Waals surface area contributed by atoms with Gasteiger partial charge in [0, 0.05) is 55.4 Å². The maximum atomic E-state index is 6.27. The van der Waals surface area contributed by atoms with Crippen molar-refractivity contribution in [3.63, 3.8) is 0 Å². The zero-order chi connectivity index (χ0) is 20.9. The molecule has 7 heteroatoms. The number of hydrogen-bond donors (Lipinski definition) is 0. The van der Waals surface area contributed by atoms with Crippen LogP contribution in [-0.4, -0.2) is 32.3 Å². The van der Waals surface area contributed by atoms with Crippen LogP contribution in [0.1, 0.15) is 0 Å². The Bertz CT molecular complexity index is 1290. The van der Waals surface area contributed by atoms with Gasteiger partial charge in [-0.1, -0.05) is 12.1 Å². The van der Waals surface area contributed by atoms with Gasteiger partial charge in [-0.25, -0.2) is 0 Å². The molecule has 156 valence electrons. The minimum atomic E-state index is 0.840. The third-order valence-electron chi connectivity index (χ3n) is 5.64. The molecule has 2 aliphatic rings. The van der Waals surface area contributed by atoms with Gasteiger partial charge in [0.25, 0.3) is 0 Å². The largest absolute Gasteiger partial charge is 0.457 e. The fourth-order valence-electron chi connectivity index (χ4n) is 4.15. The van der Waals surface area contributed by atoms with E-state index in [4.69, 9.17) is 4.74 Å². The third kappa shape index (κ3) is 3.21. The summed E-state index contributed by atoms with van der Waals surface area (Å²) < 4.78 is 7.66. The van der Waals surface area contributed by atoms with Gasteiger partial charge in [-0.05, 0) is 35.7 Å². The molecule has 0 saturated carbocycles. The number of thiophene rings is 2. The number of hydrogen-bond acceptors (Lipinski definition) is 7. The van der Waals surface area contributed by atoms with Crippen LogP contribution in [0.2, 0.25) is 0 Å². The molecular weight excluding hydrogens is 424 g/mol. The second-order valence-electron chi connectivity index (χ2n) is 7.91. The summed E-state index contributed by atoms with van der Waals surface area (Å²) in [6.07, 6.45) is 4.17. The third-order valence-corrected chi connectivity index (χ3v) is 7.99. The highest BCUT2D eigenvalue weighted by atomic mass is 32.2. The maximum Gasteiger partial charge on any atom is 0.129 e. The fourth-order valence-corrected chi connectivity index (χ4v) is 6.35. The van der Waals surface area contributed by atoms with E-state index in [-0.39, 0.29) is 0 Å². The van der Waals surface area contributed by atoms with Gasteiger partial charge >= 0.3 is 0 Å². The van der Waals surface area contributed by atoms with Crippen molar-refractivity contribution in [2.75, 3.05) is 42.1 Å². The Kier molecular flexibility index (Phi) is 4.33. The maximum absolute atomic E-state index is 6.27. The smallest absolute Gasteiger partial charge is 0.129 e. The first-order valence-corrected chi connectivity index (χ1v) is 11.9. The van der Waals surface area contributed by atoms with E-state index in [1.165, 1.54) is 20.1 Å². The van der Waals surface area contributed by atoms with Crippen molar-refractivity contribution in [1.29, 1.82) is 0 Å². The van der Waals surface area contributed by atoms with Gasteiger partial charge in [-0.15, -0.1) is 22.7 Å². The normalized spacial score (nSPS) is 15.4. The summed E-state index contributed by atoms with van der Waals surface area (Å²) in [5.74, 6) is 1.68. The van der Waals surface area contributed by atoms with Crippen LogP contribution in [0.15, 0.2) is 72.4 Å². The molecular formula is C24H22N4OS2. The van der Waals surface area contributed by atoms with Crippen molar-refractivity contribution >= 4 is 54.1 Å². The molecule has 0 N–H and O–H groups in total. The molecule has 0 saturated heterocycles. The molecule has 0 unspecified atom stereocenters. The molecule has 0 radical (unpaired) electrons. The standard InChI is InChI=1S/C24H22N4OS2/c1-25-10-11-27(15-25)17-5-3-7-19(13-17)29-20-8-4-6-18(14-20)28-16-26(2)23-22(28)21-9-12-30-24(21)31-23/h3-14H,15-16H2,1-2H3. The van der Waals surface area contributed by atoms with Crippen molar-refractivity contribution in [3.8, 4) is 11.5 Å². The highest BCUT2D eigenvalue weighted by Gasteiger charge is 2.30. The van der Waals surface area contributed by atoms with E-state index in [1.54, 1.807) is 0 Å². The van der Waals surface area contributed by atoms with Crippen LogP contribution in [0.4, 0.5) is 22.1 Å². The second kappa shape index (κ2) is 7.21. The summed E-state index contributed by atoms with van der Waals surface area (Å²) in [4.78, 5) is 9.06. The van der Waals surface area contributed by atoms with Crippen LogP contribution in [-0.2, 0) is 0 Å². The lowest BCUT2D eigenvalue weighted by Crippen LogP contribution is -2.24. The molecule has 0 amide bonds. The van der Waals surface area contributed by atoms with E-state index in [1.807, 2.05) is 40.9 Å². The summed E-state index contributed by atoms with van der Waals surface area (Å²) in [7, 11) is 4.23. The number of nitrogens with zero attached hydrogens (tertiary/aromatic N) is 4. The van der Waals surface area contributed by atoms with E-state index in [9.17, 15) is 0 Å². The Morgan fingerprint density at radius 3 is 2.42 bits per heavy atom. The Balaban J connectivity index is 1.29. The van der Waals surface area contributed by atoms with Crippen molar-refractivity contribution in [3.05, 3.63) is 72.4 Å². The Morgan fingerprint density at radius 2 is 1.65 bits per heavy atom. The summed E-state index contributed by atoms with van der Waals surface area (Å²) in [5.41, 5.74) is 3.58. The van der Waals surface area contributed by atoms with Gasteiger partial charge in [0.15, 0.2) is 0 Å². The van der Waals surface area contributed by atoms with Crippen LogP contribution in [0.25, 0.3) is 9.40 Å². The fraction of sp³-hybridized carbons (Fsp3) is 0.167. The average Bonchev–Trinajstić information content (AvgIpc) is 3.52. The van der Waals surface area contributed by atoms with E-state index in [2.05, 4.69) is 87.9 Å². The van der Waals surface area contributed by atoms with Gasteiger partial charge in [0.1, 0.15) is 16.5 Å². The van der Waals surface area contributed by atoms with Crippen molar-refractivity contribution in [2.24, 2.45) is 0 Å². The van der Waals surface area contributed by atoms with Crippen molar-refractivity contribution in [2.45, 2.75) is 0 Å². The molecule has 2 aromatic heterocycles. The molecule has 0 bridgehead atoms. The zero-order valence-corrected chi connectivity index (χ0v) is 19.0. The highest BCUT2D eigenvalue weighted by molar-refractivity contribution is 7.40. The highest BCUT2D eigenvalue weighted by Crippen LogP contribution is 2.52. The molecule has 0 atom stereocenters. The van der Waals surface area contributed by atoms with Crippen LogP contribution < -0.4 is 19.4 Å². The molecule has 2 aromatic carbocycles. The predicted molar refractivity (Wildman–Crippen MR) is 132 cm³/mol. The first kappa shape index (κ1) is 18.6. The van der Waals surface area contributed by atoms with Gasteiger partial charge in [0.05, 0.1) is 23.0 Å². The minimum absolute atomic E-state index is 0.840. The predicted octanol–water partition coefficient (Wildman–Crippen LogP) is 6.48. The molecule has 2 aliphatic heterocycles. The van der Waals surface area contributed by atoms with Crippen molar-refractivity contribution in [1.82, 2.24) is 4.90 Å². The second-order valence-corrected chi connectivity index (χ2v) is 10.1. The number of anilines is 4.